The molecule has 0 aromatic carbocycles. The van der Waals surface area contributed by atoms with Gasteiger partial charge in [0.2, 0.25) is 11.8 Å². The molecule has 7 heteroatoms. The fraction of sp³-hybridized carbons (Fsp3) is 0.769. The molecule has 1 heterocycles. The van der Waals surface area contributed by atoms with Crippen LogP contribution >= 0.6 is 11.8 Å². The van der Waals surface area contributed by atoms with Gasteiger partial charge in [0.25, 0.3) is 0 Å². The topological polar surface area (TPSA) is 91.2 Å². The van der Waals surface area contributed by atoms with E-state index in [0.717, 1.165) is 5.75 Å². The maximum atomic E-state index is 11.3. The fourth-order valence-electron chi connectivity index (χ4n) is 1.35. The van der Waals surface area contributed by atoms with Crippen LogP contribution in [-0.4, -0.2) is 34.6 Å². The average Bonchev–Trinajstić information content (AvgIpc) is 2.83. The number of carbonyl (C=O) groups excluding carboxylic acids is 1. The molecular formula is C13H23N3O3S. The molecule has 1 rings (SSSR count). The highest BCUT2D eigenvalue weighted by atomic mass is 32.2. The zero-order valence-corrected chi connectivity index (χ0v) is 13.3. The molecule has 0 saturated carbocycles. The molecule has 1 atom stereocenters. The molecule has 0 saturated heterocycles. The van der Waals surface area contributed by atoms with Crippen LogP contribution in [0.25, 0.3) is 0 Å². The Balaban J connectivity index is 2.28. The van der Waals surface area contributed by atoms with Gasteiger partial charge in [0.1, 0.15) is 6.04 Å². The Kier molecular flexibility index (Phi) is 6.48. The van der Waals surface area contributed by atoms with Gasteiger partial charge in [-0.1, -0.05) is 20.8 Å². The number of rotatable bonds is 7. The summed E-state index contributed by atoms with van der Waals surface area (Å²) in [7, 11) is 0. The Labute approximate surface area is 123 Å². The third kappa shape index (κ3) is 5.50. The Morgan fingerprint density at radius 3 is 2.70 bits per heavy atom. The highest BCUT2D eigenvalue weighted by Crippen LogP contribution is 2.22. The summed E-state index contributed by atoms with van der Waals surface area (Å²) in [4.78, 5) is 11.3. The second kappa shape index (κ2) is 7.64. The van der Waals surface area contributed by atoms with E-state index < -0.39 is 6.04 Å². The van der Waals surface area contributed by atoms with E-state index in [1.165, 1.54) is 0 Å². The highest BCUT2D eigenvalue weighted by Gasteiger charge is 2.21. The first kappa shape index (κ1) is 17.0. The van der Waals surface area contributed by atoms with Gasteiger partial charge in [-0.3, -0.25) is 4.79 Å². The van der Waals surface area contributed by atoms with Crippen molar-refractivity contribution in [3.8, 4) is 0 Å². The summed E-state index contributed by atoms with van der Waals surface area (Å²) in [5.74, 6) is 2.26. The average molecular weight is 301 g/mol. The number of nitrogens with two attached hydrogens (primary N) is 1. The van der Waals surface area contributed by atoms with Crippen LogP contribution in [0, 0.1) is 0 Å². The molecule has 20 heavy (non-hydrogen) atoms. The van der Waals surface area contributed by atoms with Crippen LogP contribution in [0.3, 0.4) is 0 Å². The van der Waals surface area contributed by atoms with E-state index in [9.17, 15) is 4.79 Å². The normalized spacial score (nSPS) is 13.2. The first-order chi connectivity index (χ1) is 9.34. The number of thioether (sulfide) groups is 1. The van der Waals surface area contributed by atoms with Crippen LogP contribution in [0.2, 0.25) is 0 Å². The van der Waals surface area contributed by atoms with Crippen LogP contribution in [0.5, 0.6) is 0 Å². The molecule has 2 N–H and O–H groups in total. The summed E-state index contributed by atoms with van der Waals surface area (Å²) in [5, 5.41) is 8.03. The summed E-state index contributed by atoms with van der Waals surface area (Å²) in [6.45, 7) is 8.19. The molecule has 114 valence electrons. The summed E-state index contributed by atoms with van der Waals surface area (Å²) < 4.78 is 10.4. The van der Waals surface area contributed by atoms with E-state index in [2.05, 4.69) is 10.2 Å². The molecule has 0 bridgehead atoms. The van der Waals surface area contributed by atoms with E-state index in [-0.39, 0.29) is 11.4 Å². The second-order valence-electron chi connectivity index (χ2n) is 5.45. The summed E-state index contributed by atoms with van der Waals surface area (Å²) in [6, 6.07) is -0.560. The van der Waals surface area contributed by atoms with Crippen molar-refractivity contribution in [2.24, 2.45) is 5.73 Å². The fourth-order valence-corrected chi connectivity index (χ4v) is 2.21. The van der Waals surface area contributed by atoms with Crippen LogP contribution in [-0.2, 0) is 20.7 Å². The summed E-state index contributed by atoms with van der Waals surface area (Å²) in [5.41, 5.74) is 5.57. The maximum Gasteiger partial charge on any atom is 0.322 e. The number of ether oxygens (including phenoxy) is 1. The lowest BCUT2D eigenvalue weighted by Crippen LogP contribution is -2.32. The molecule has 0 aliphatic rings. The molecule has 0 fully saturated rings. The molecular weight excluding hydrogens is 278 g/mol. The lowest BCUT2D eigenvalue weighted by atomic mass is 9.97. The smallest absolute Gasteiger partial charge is 0.322 e. The Morgan fingerprint density at radius 1 is 1.45 bits per heavy atom. The van der Waals surface area contributed by atoms with E-state index in [4.69, 9.17) is 14.9 Å². The minimum atomic E-state index is -0.560. The maximum absolute atomic E-state index is 11.3. The van der Waals surface area contributed by atoms with E-state index >= 15 is 0 Å². The minimum Gasteiger partial charge on any atom is -0.465 e. The van der Waals surface area contributed by atoms with Gasteiger partial charge in [0.05, 0.1) is 12.4 Å². The van der Waals surface area contributed by atoms with Crippen LogP contribution < -0.4 is 5.73 Å². The largest absolute Gasteiger partial charge is 0.465 e. The quantitative estimate of drug-likeness (QED) is 0.607. The molecule has 0 radical (unpaired) electrons. The zero-order chi connectivity index (χ0) is 15.2. The van der Waals surface area contributed by atoms with Crippen molar-refractivity contribution in [2.75, 3.05) is 12.4 Å². The van der Waals surface area contributed by atoms with Crippen molar-refractivity contribution in [3.05, 3.63) is 11.8 Å². The van der Waals surface area contributed by atoms with Crippen LogP contribution in [0.1, 0.15) is 45.9 Å². The third-order valence-electron chi connectivity index (χ3n) is 2.50. The van der Waals surface area contributed by atoms with Crippen molar-refractivity contribution < 1.29 is 13.9 Å². The lowest BCUT2D eigenvalue weighted by Gasteiger charge is -2.11. The SMILES string of the molecule is CCOC(=O)C(N)CCSCc1nnc(C(C)(C)C)o1. The zero-order valence-electron chi connectivity index (χ0n) is 12.5. The van der Waals surface area contributed by atoms with Crippen LogP contribution in [0.4, 0.5) is 0 Å². The van der Waals surface area contributed by atoms with Gasteiger partial charge in [-0.2, -0.15) is 11.8 Å². The van der Waals surface area contributed by atoms with Gasteiger partial charge in [-0.05, 0) is 19.1 Å². The van der Waals surface area contributed by atoms with Gasteiger partial charge in [-0.15, -0.1) is 10.2 Å². The molecule has 6 nitrogen and oxygen atoms in total. The molecule has 1 aromatic heterocycles. The van der Waals surface area contributed by atoms with Gasteiger partial charge >= 0.3 is 5.97 Å². The number of aromatic nitrogens is 2. The van der Waals surface area contributed by atoms with Gasteiger partial charge in [-0.25, -0.2) is 0 Å². The number of hydrogen-bond acceptors (Lipinski definition) is 7. The molecule has 1 aromatic rings. The number of hydrogen-bond donors (Lipinski definition) is 1. The molecule has 0 spiro atoms. The van der Waals surface area contributed by atoms with Gasteiger partial charge in [0.15, 0.2) is 0 Å². The Morgan fingerprint density at radius 2 is 2.15 bits per heavy atom. The van der Waals surface area contributed by atoms with Gasteiger partial charge < -0.3 is 14.9 Å². The first-order valence-corrected chi connectivity index (χ1v) is 7.83. The molecule has 1 unspecified atom stereocenters. The predicted octanol–water partition coefficient (Wildman–Crippen LogP) is 1.88. The summed E-state index contributed by atoms with van der Waals surface area (Å²) in [6.07, 6.45) is 0.573. The predicted molar refractivity (Wildman–Crippen MR) is 78.4 cm³/mol. The molecule has 0 aliphatic carbocycles. The monoisotopic (exact) mass is 301 g/mol. The minimum absolute atomic E-state index is 0.137. The first-order valence-electron chi connectivity index (χ1n) is 6.67. The van der Waals surface area contributed by atoms with Crippen molar-refractivity contribution in [1.82, 2.24) is 10.2 Å². The summed E-state index contributed by atoms with van der Waals surface area (Å²) >= 11 is 1.61. The number of carbonyl (C=O) groups is 1. The standard InChI is InChI=1S/C13H23N3O3S/c1-5-18-11(17)9(14)6-7-20-8-10-15-16-12(19-10)13(2,3)4/h9H,5-8,14H2,1-4H3. The van der Waals surface area contributed by atoms with Gasteiger partial charge in [0, 0.05) is 5.41 Å². The highest BCUT2D eigenvalue weighted by molar-refractivity contribution is 7.98. The third-order valence-corrected chi connectivity index (χ3v) is 3.47. The van der Waals surface area contributed by atoms with E-state index in [0.29, 0.717) is 30.6 Å². The van der Waals surface area contributed by atoms with Crippen molar-refractivity contribution in [2.45, 2.75) is 51.3 Å². The van der Waals surface area contributed by atoms with E-state index in [1.807, 2.05) is 20.8 Å². The Hall–Kier alpha value is -1.08. The second-order valence-corrected chi connectivity index (χ2v) is 6.56. The number of esters is 1. The van der Waals surface area contributed by atoms with Crippen molar-refractivity contribution in [1.29, 1.82) is 0 Å². The molecule has 0 amide bonds. The Bertz CT molecular complexity index is 429. The lowest BCUT2D eigenvalue weighted by molar-refractivity contribution is -0.144. The van der Waals surface area contributed by atoms with Crippen LogP contribution in [0.15, 0.2) is 4.42 Å². The molecule has 0 aliphatic heterocycles. The van der Waals surface area contributed by atoms with E-state index in [1.54, 1.807) is 18.7 Å². The van der Waals surface area contributed by atoms with Crippen molar-refractivity contribution >= 4 is 17.7 Å². The number of nitrogens with zero attached hydrogens (tertiary/aromatic N) is 2. The van der Waals surface area contributed by atoms with Crippen molar-refractivity contribution in [3.63, 3.8) is 0 Å².